The Morgan fingerprint density at radius 1 is 1.21 bits per heavy atom. The number of rotatable bonds is 3. The van der Waals surface area contributed by atoms with Crippen LogP contribution in [0.5, 0.6) is 0 Å². The molecule has 0 aromatic carbocycles. The van der Waals surface area contributed by atoms with E-state index < -0.39 is 11.8 Å². The number of aromatic nitrogens is 2. The second kappa shape index (κ2) is 5.14. The summed E-state index contributed by atoms with van der Waals surface area (Å²) in [6.07, 6.45) is 1.11. The van der Waals surface area contributed by atoms with Gasteiger partial charge in [0, 0.05) is 0 Å². The molecule has 5 heteroatoms. The molecule has 1 N–H and O–H groups in total. The lowest BCUT2D eigenvalue weighted by Gasteiger charge is -2.10. The van der Waals surface area contributed by atoms with Crippen molar-refractivity contribution in [3.63, 3.8) is 0 Å². The molecule has 0 atom stereocenters. The number of aromatic carboxylic acids is 1. The standard InChI is InChI=1S/C14H13FN2O2/c1-8(2)13-10(14(18)19)4-6-12(17-13)11-5-3-9(15)7-16-11/h3-8H,1-2H3,(H,18,19). The van der Waals surface area contributed by atoms with Gasteiger partial charge in [-0.15, -0.1) is 0 Å². The lowest BCUT2D eigenvalue weighted by Crippen LogP contribution is -2.07. The van der Waals surface area contributed by atoms with E-state index in [2.05, 4.69) is 9.97 Å². The zero-order valence-electron chi connectivity index (χ0n) is 10.6. The van der Waals surface area contributed by atoms with Crippen LogP contribution in [0.3, 0.4) is 0 Å². The Morgan fingerprint density at radius 3 is 2.42 bits per heavy atom. The average molecular weight is 260 g/mol. The summed E-state index contributed by atoms with van der Waals surface area (Å²) in [5.74, 6) is -1.45. The SMILES string of the molecule is CC(C)c1nc(-c2ccc(F)cn2)ccc1C(=O)O. The van der Waals surface area contributed by atoms with Gasteiger partial charge in [0.2, 0.25) is 0 Å². The zero-order valence-corrected chi connectivity index (χ0v) is 10.6. The Kier molecular flexibility index (Phi) is 3.55. The predicted molar refractivity (Wildman–Crippen MR) is 68.5 cm³/mol. The quantitative estimate of drug-likeness (QED) is 0.921. The fourth-order valence-corrected chi connectivity index (χ4v) is 1.77. The van der Waals surface area contributed by atoms with Crippen LogP contribution < -0.4 is 0 Å². The first-order valence-corrected chi connectivity index (χ1v) is 5.85. The van der Waals surface area contributed by atoms with E-state index in [1.165, 1.54) is 18.2 Å². The monoisotopic (exact) mass is 260 g/mol. The van der Waals surface area contributed by atoms with Gasteiger partial charge >= 0.3 is 5.97 Å². The highest BCUT2D eigenvalue weighted by molar-refractivity contribution is 5.89. The Labute approximate surface area is 110 Å². The number of hydrogen-bond donors (Lipinski definition) is 1. The molecule has 0 aliphatic heterocycles. The van der Waals surface area contributed by atoms with Crippen LogP contribution in [0.15, 0.2) is 30.5 Å². The summed E-state index contributed by atoms with van der Waals surface area (Å²) in [5, 5.41) is 9.11. The highest BCUT2D eigenvalue weighted by atomic mass is 19.1. The Bertz CT molecular complexity index is 609. The van der Waals surface area contributed by atoms with E-state index in [-0.39, 0.29) is 11.5 Å². The molecule has 2 heterocycles. The van der Waals surface area contributed by atoms with Gasteiger partial charge in [-0.1, -0.05) is 13.8 Å². The molecule has 0 aliphatic carbocycles. The molecule has 0 radical (unpaired) electrons. The first-order valence-electron chi connectivity index (χ1n) is 5.85. The second-order valence-electron chi connectivity index (χ2n) is 4.45. The van der Waals surface area contributed by atoms with Crippen molar-refractivity contribution in [3.05, 3.63) is 47.5 Å². The number of hydrogen-bond acceptors (Lipinski definition) is 3. The molecule has 2 rings (SSSR count). The molecule has 0 saturated heterocycles. The van der Waals surface area contributed by atoms with Crippen molar-refractivity contribution in [2.24, 2.45) is 0 Å². The van der Waals surface area contributed by atoms with Crippen LogP contribution >= 0.6 is 0 Å². The molecule has 98 valence electrons. The Hall–Kier alpha value is -2.30. The van der Waals surface area contributed by atoms with Gasteiger partial charge < -0.3 is 5.11 Å². The highest BCUT2D eigenvalue weighted by Gasteiger charge is 2.16. The van der Waals surface area contributed by atoms with Gasteiger partial charge in [-0.05, 0) is 30.2 Å². The minimum atomic E-state index is -1.00. The minimum Gasteiger partial charge on any atom is -0.478 e. The molecule has 0 unspecified atom stereocenters. The van der Waals surface area contributed by atoms with Gasteiger partial charge in [0.05, 0.1) is 28.8 Å². The Balaban J connectivity index is 2.52. The van der Waals surface area contributed by atoms with Crippen molar-refractivity contribution < 1.29 is 14.3 Å². The summed E-state index contributed by atoms with van der Waals surface area (Å²) in [6, 6.07) is 5.90. The largest absolute Gasteiger partial charge is 0.478 e. The van der Waals surface area contributed by atoms with E-state index >= 15 is 0 Å². The summed E-state index contributed by atoms with van der Waals surface area (Å²) in [6.45, 7) is 3.74. The zero-order chi connectivity index (χ0) is 14.0. The van der Waals surface area contributed by atoms with E-state index in [4.69, 9.17) is 5.11 Å². The molecular weight excluding hydrogens is 247 g/mol. The number of nitrogens with zero attached hydrogens (tertiary/aromatic N) is 2. The Morgan fingerprint density at radius 2 is 1.89 bits per heavy atom. The topological polar surface area (TPSA) is 63.1 Å². The van der Waals surface area contributed by atoms with Crippen molar-refractivity contribution >= 4 is 5.97 Å². The van der Waals surface area contributed by atoms with Gasteiger partial charge in [-0.2, -0.15) is 0 Å². The molecule has 0 amide bonds. The molecule has 2 aromatic heterocycles. The molecule has 2 aromatic rings. The first kappa shape index (κ1) is 13.1. The summed E-state index contributed by atoms with van der Waals surface area (Å²) in [5.41, 5.74) is 1.73. The number of carboxylic acid groups (broad SMARTS) is 1. The van der Waals surface area contributed by atoms with Gasteiger partial charge in [0.15, 0.2) is 0 Å². The second-order valence-corrected chi connectivity index (χ2v) is 4.45. The molecule has 19 heavy (non-hydrogen) atoms. The number of halogens is 1. The summed E-state index contributed by atoms with van der Waals surface area (Å²) < 4.78 is 12.8. The first-order chi connectivity index (χ1) is 8.99. The lowest BCUT2D eigenvalue weighted by molar-refractivity contribution is 0.0694. The predicted octanol–water partition coefficient (Wildman–Crippen LogP) is 3.10. The van der Waals surface area contributed by atoms with Crippen LogP contribution in [0.1, 0.15) is 35.8 Å². The van der Waals surface area contributed by atoms with Crippen LogP contribution in [0.25, 0.3) is 11.4 Å². The van der Waals surface area contributed by atoms with E-state index in [1.807, 2.05) is 13.8 Å². The molecule has 0 spiro atoms. The fourth-order valence-electron chi connectivity index (χ4n) is 1.77. The molecule has 0 aliphatic rings. The average Bonchev–Trinajstić information content (AvgIpc) is 2.38. The number of pyridine rings is 2. The highest BCUT2D eigenvalue weighted by Crippen LogP contribution is 2.22. The summed E-state index contributed by atoms with van der Waals surface area (Å²) >= 11 is 0. The van der Waals surface area contributed by atoms with Crippen molar-refractivity contribution in [1.29, 1.82) is 0 Å². The molecular formula is C14H13FN2O2. The van der Waals surface area contributed by atoms with Gasteiger partial charge in [-0.25, -0.2) is 9.18 Å². The van der Waals surface area contributed by atoms with Crippen molar-refractivity contribution in [1.82, 2.24) is 9.97 Å². The van der Waals surface area contributed by atoms with Crippen LogP contribution in [-0.4, -0.2) is 21.0 Å². The van der Waals surface area contributed by atoms with E-state index in [0.29, 0.717) is 17.1 Å². The van der Waals surface area contributed by atoms with Crippen LogP contribution in [-0.2, 0) is 0 Å². The third-order valence-corrected chi connectivity index (χ3v) is 2.69. The molecule has 0 fully saturated rings. The summed E-state index contributed by atoms with van der Waals surface area (Å²) in [4.78, 5) is 19.4. The van der Waals surface area contributed by atoms with Crippen molar-refractivity contribution in [2.75, 3.05) is 0 Å². The van der Waals surface area contributed by atoms with Crippen LogP contribution in [0.4, 0.5) is 4.39 Å². The maximum Gasteiger partial charge on any atom is 0.337 e. The van der Waals surface area contributed by atoms with Gasteiger partial charge in [0.25, 0.3) is 0 Å². The molecule has 0 saturated carbocycles. The molecule has 0 bridgehead atoms. The maximum absolute atomic E-state index is 12.8. The van der Waals surface area contributed by atoms with Crippen molar-refractivity contribution in [3.8, 4) is 11.4 Å². The van der Waals surface area contributed by atoms with Crippen LogP contribution in [0.2, 0.25) is 0 Å². The third kappa shape index (κ3) is 2.76. The fraction of sp³-hybridized carbons (Fsp3) is 0.214. The van der Waals surface area contributed by atoms with Crippen molar-refractivity contribution in [2.45, 2.75) is 19.8 Å². The number of carbonyl (C=O) groups is 1. The minimum absolute atomic E-state index is 0.0218. The third-order valence-electron chi connectivity index (χ3n) is 2.69. The normalized spacial score (nSPS) is 10.7. The van der Waals surface area contributed by atoms with E-state index in [1.54, 1.807) is 6.07 Å². The van der Waals surface area contributed by atoms with E-state index in [0.717, 1.165) is 6.20 Å². The molecule has 4 nitrogen and oxygen atoms in total. The smallest absolute Gasteiger partial charge is 0.337 e. The van der Waals surface area contributed by atoms with Gasteiger partial charge in [-0.3, -0.25) is 9.97 Å². The summed E-state index contributed by atoms with van der Waals surface area (Å²) in [7, 11) is 0. The van der Waals surface area contributed by atoms with Gasteiger partial charge in [0.1, 0.15) is 5.82 Å². The maximum atomic E-state index is 12.8. The van der Waals surface area contributed by atoms with Crippen LogP contribution in [0, 0.1) is 5.82 Å². The van der Waals surface area contributed by atoms with E-state index in [9.17, 15) is 9.18 Å². The lowest BCUT2D eigenvalue weighted by atomic mass is 10.0. The number of carboxylic acids is 1.